The van der Waals surface area contributed by atoms with Gasteiger partial charge in [-0.25, -0.2) is 0 Å². The summed E-state index contributed by atoms with van der Waals surface area (Å²) in [6.07, 6.45) is 8.35. The van der Waals surface area contributed by atoms with Gasteiger partial charge < -0.3 is 5.73 Å². The van der Waals surface area contributed by atoms with Gasteiger partial charge in [0.15, 0.2) is 0 Å². The highest BCUT2D eigenvalue weighted by Gasteiger charge is 2.45. The summed E-state index contributed by atoms with van der Waals surface area (Å²) in [6.45, 7) is 5.97. The van der Waals surface area contributed by atoms with Crippen molar-refractivity contribution in [1.29, 1.82) is 0 Å². The molecule has 1 aliphatic carbocycles. The third kappa shape index (κ3) is 1.89. The molecule has 1 atom stereocenters. The third-order valence-electron chi connectivity index (χ3n) is 4.83. The van der Waals surface area contributed by atoms with E-state index in [1.165, 1.54) is 64.7 Å². The van der Waals surface area contributed by atoms with Crippen molar-refractivity contribution in [3.63, 3.8) is 0 Å². The lowest BCUT2D eigenvalue weighted by molar-refractivity contribution is 0.0767. The molecule has 3 nitrogen and oxygen atoms in total. The predicted octanol–water partition coefficient (Wildman–Crippen LogP) is 1.04. The fraction of sp³-hybridized carbons (Fsp3) is 1.00. The van der Waals surface area contributed by atoms with Crippen molar-refractivity contribution < 1.29 is 0 Å². The van der Waals surface area contributed by atoms with Crippen LogP contribution in [0, 0.1) is 0 Å². The van der Waals surface area contributed by atoms with Crippen molar-refractivity contribution in [2.45, 2.75) is 50.1 Å². The first kappa shape index (κ1) is 11.0. The van der Waals surface area contributed by atoms with Crippen LogP contribution < -0.4 is 5.73 Å². The quantitative estimate of drug-likeness (QED) is 0.776. The van der Waals surface area contributed by atoms with E-state index >= 15 is 0 Å². The van der Waals surface area contributed by atoms with E-state index in [4.69, 9.17) is 5.73 Å². The SMILES string of the molecule is NCC1(N2CCCCC2)CCN(C2CC2)C1. The lowest BCUT2D eigenvalue weighted by Crippen LogP contribution is -2.57. The Bertz CT molecular complexity index is 246. The number of rotatable bonds is 3. The van der Waals surface area contributed by atoms with Crippen LogP contribution in [0.25, 0.3) is 0 Å². The lowest BCUT2D eigenvalue weighted by atomic mass is 9.93. The minimum atomic E-state index is 0.336. The zero-order valence-electron chi connectivity index (χ0n) is 10.3. The van der Waals surface area contributed by atoms with Gasteiger partial charge >= 0.3 is 0 Å². The average Bonchev–Trinajstić information content (AvgIpc) is 3.11. The molecule has 92 valence electrons. The number of nitrogens with two attached hydrogens (primary N) is 1. The molecule has 3 aliphatic rings. The average molecular weight is 223 g/mol. The lowest BCUT2D eigenvalue weighted by Gasteiger charge is -2.43. The van der Waals surface area contributed by atoms with E-state index in [1.54, 1.807) is 0 Å². The van der Waals surface area contributed by atoms with Gasteiger partial charge in [-0.05, 0) is 45.2 Å². The summed E-state index contributed by atoms with van der Waals surface area (Å²) in [5, 5.41) is 0. The van der Waals surface area contributed by atoms with Crippen molar-refractivity contribution in [3.8, 4) is 0 Å². The molecule has 0 amide bonds. The van der Waals surface area contributed by atoms with E-state index in [0.717, 1.165) is 12.6 Å². The molecular formula is C13H25N3. The van der Waals surface area contributed by atoms with Crippen LogP contribution in [0.4, 0.5) is 0 Å². The number of hydrogen-bond acceptors (Lipinski definition) is 3. The summed E-state index contributed by atoms with van der Waals surface area (Å²) in [6, 6.07) is 0.915. The van der Waals surface area contributed by atoms with Gasteiger partial charge in [0.1, 0.15) is 0 Å². The Balaban J connectivity index is 1.67. The van der Waals surface area contributed by atoms with Crippen LogP contribution in [0.5, 0.6) is 0 Å². The number of piperidine rings is 1. The van der Waals surface area contributed by atoms with Gasteiger partial charge in [-0.3, -0.25) is 9.80 Å². The fourth-order valence-corrected chi connectivity index (χ4v) is 3.56. The molecule has 1 unspecified atom stereocenters. The van der Waals surface area contributed by atoms with E-state index in [0.29, 0.717) is 5.54 Å². The molecule has 3 rings (SSSR count). The molecule has 0 aromatic heterocycles. The number of likely N-dealkylation sites (tertiary alicyclic amines) is 2. The highest BCUT2D eigenvalue weighted by molar-refractivity contribution is 5.04. The highest BCUT2D eigenvalue weighted by Crippen LogP contribution is 2.36. The maximum absolute atomic E-state index is 6.11. The Kier molecular flexibility index (Phi) is 2.94. The second kappa shape index (κ2) is 4.28. The largest absolute Gasteiger partial charge is 0.329 e. The topological polar surface area (TPSA) is 32.5 Å². The van der Waals surface area contributed by atoms with Gasteiger partial charge in [-0.1, -0.05) is 6.42 Å². The summed E-state index contributed by atoms with van der Waals surface area (Å²) >= 11 is 0. The molecule has 1 saturated carbocycles. The second-order valence-corrected chi connectivity index (χ2v) is 5.93. The normalized spacial score (nSPS) is 38.1. The molecule has 2 heterocycles. The van der Waals surface area contributed by atoms with Crippen LogP contribution in [-0.2, 0) is 0 Å². The van der Waals surface area contributed by atoms with Gasteiger partial charge in [0.2, 0.25) is 0 Å². The Hall–Kier alpha value is -0.120. The van der Waals surface area contributed by atoms with Gasteiger partial charge in [-0.15, -0.1) is 0 Å². The van der Waals surface area contributed by atoms with Crippen molar-refractivity contribution in [2.24, 2.45) is 5.73 Å². The molecule has 0 aromatic carbocycles. The minimum absolute atomic E-state index is 0.336. The smallest absolute Gasteiger partial charge is 0.0470 e. The molecule has 0 radical (unpaired) electrons. The Labute approximate surface area is 99.0 Å². The van der Waals surface area contributed by atoms with E-state index < -0.39 is 0 Å². The van der Waals surface area contributed by atoms with Gasteiger partial charge in [0.05, 0.1) is 0 Å². The first-order valence-electron chi connectivity index (χ1n) is 7.03. The Morgan fingerprint density at radius 2 is 1.81 bits per heavy atom. The Morgan fingerprint density at radius 3 is 2.44 bits per heavy atom. The molecule has 0 bridgehead atoms. The van der Waals surface area contributed by atoms with Crippen molar-refractivity contribution in [1.82, 2.24) is 9.80 Å². The zero-order valence-corrected chi connectivity index (χ0v) is 10.3. The highest BCUT2D eigenvalue weighted by atomic mass is 15.3. The molecule has 0 spiro atoms. The molecule has 0 aromatic rings. The van der Waals surface area contributed by atoms with Crippen molar-refractivity contribution in [3.05, 3.63) is 0 Å². The summed E-state index contributed by atoms with van der Waals surface area (Å²) in [4.78, 5) is 5.40. The summed E-state index contributed by atoms with van der Waals surface area (Å²) < 4.78 is 0. The number of nitrogens with zero attached hydrogens (tertiary/aromatic N) is 2. The zero-order chi connectivity index (χ0) is 11.0. The standard InChI is InChI=1S/C13H25N3/c14-10-13(16-7-2-1-3-8-16)6-9-15(11-13)12-4-5-12/h12H,1-11,14H2. The first-order valence-corrected chi connectivity index (χ1v) is 7.03. The second-order valence-electron chi connectivity index (χ2n) is 5.93. The van der Waals surface area contributed by atoms with Crippen LogP contribution in [0.15, 0.2) is 0 Å². The van der Waals surface area contributed by atoms with Crippen LogP contribution in [0.3, 0.4) is 0 Å². The number of hydrogen-bond donors (Lipinski definition) is 1. The van der Waals surface area contributed by atoms with E-state index in [-0.39, 0.29) is 0 Å². The molecule has 3 heteroatoms. The summed E-state index contributed by atoms with van der Waals surface area (Å²) in [7, 11) is 0. The van der Waals surface area contributed by atoms with E-state index in [9.17, 15) is 0 Å². The maximum Gasteiger partial charge on any atom is 0.0470 e. The molecule has 3 fully saturated rings. The summed E-state index contributed by atoms with van der Waals surface area (Å²) in [5.41, 5.74) is 6.45. The molecule has 2 aliphatic heterocycles. The van der Waals surface area contributed by atoms with Crippen LogP contribution in [-0.4, -0.2) is 54.1 Å². The van der Waals surface area contributed by atoms with Gasteiger partial charge in [0, 0.05) is 31.2 Å². The molecule has 16 heavy (non-hydrogen) atoms. The first-order chi connectivity index (χ1) is 7.84. The summed E-state index contributed by atoms with van der Waals surface area (Å²) in [5.74, 6) is 0. The van der Waals surface area contributed by atoms with E-state index in [2.05, 4.69) is 9.80 Å². The predicted molar refractivity (Wildman–Crippen MR) is 66.4 cm³/mol. The molecule has 2 saturated heterocycles. The minimum Gasteiger partial charge on any atom is -0.329 e. The third-order valence-corrected chi connectivity index (χ3v) is 4.83. The van der Waals surface area contributed by atoms with Crippen LogP contribution >= 0.6 is 0 Å². The van der Waals surface area contributed by atoms with Crippen LogP contribution in [0.2, 0.25) is 0 Å². The van der Waals surface area contributed by atoms with Gasteiger partial charge in [0.25, 0.3) is 0 Å². The van der Waals surface area contributed by atoms with Crippen molar-refractivity contribution >= 4 is 0 Å². The van der Waals surface area contributed by atoms with Gasteiger partial charge in [-0.2, -0.15) is 0 Å². The monoisotopic (exact) mass is 223 g/mol. The molecule has 2 N–H and O–H groups in total. The van der Waals surface area contributed by atoms with E-state index in [1.807, 2.05) is 0 Å². The molecular weight excluding hydrogens is 198 g/mol. The van der Waals surface area contributed by atoms with Crippen LogP contribution in [0.1, 0.15) is 38.5 Å². The van der Waals surface area contributed by atoms with Crippen molar-refractivity contribution in [2.75, 3.05) is 32.7 Å². The maximum atomic E-state index is 6.11. The fourth-order valence-electron chi connectivity index (χ4n) is 3.56. The Morgan fingerprint density at radius 1 is 1.06 bits per heavy atom.